The number of benzene rings is 1. The lowest BCUT2D eigenvalue weighted by atomic mass is 10.0. The lowest BCUT2D eigenvalue weighted by Gasteiger charge is -2.27. The van der Waals surface area contributed by atoms with Crippen LogP contribution in [0.15, 0.2) is 24.3 Å². The molecule has 1 fully saturated rings. The molecule has 0 saturated carbocycles. The summed E-state index contributed by atoms with van der Waals surface area (Å²) in [7, 11) is 0. The summed E-state index contributed by atoms with van der Waals surface area (Å²) in [6.45, 7) is 6.31. The Morgan fingerprint density at radius 3 is 2.46 bits per heavy atom. The summed E-state index contributed by atoms with van der Waals surface area (Å²) in [5.41, 5.74) is 1.57. The monoisotopic (exact) mass is 331 g/mol. The summed E-state index contributed by atoms with van der Waals surface area (Å²) < 4.78 is 0. The topological polar surface area (TPSA) is 87.3 Å². The van der Waals surface area contributed by atoms with Crippen molar-refractivity contribution in [3.05, 3.63) is 35.4 Å². The number of carbonyl (C=O) groups excluding carboxylic acids is 3. The van der Waals surface area contributed by atoms with Gasteiger partial charge in [-0.05, 0) is 37.8 Å². The van der Waals surface area contributed by atoms with E-state index in [4.69, 9.17) is 0 Å². The largest absolute Gasteiger partial charge is 0.354 e. The van der Waals surface area contributed by atoms with E-state index in [0.717, 1.165) is 12.0 Å². The first-order valence-corrected chi connectivity index (χ1v) is 8.34. The van der Waals surface area contributed by atoms with Gasteiger partial charge in [0.05, 0.1) is 0 Å². The highest BCUT2D eigenvalue weighted by molar-refractivity contribution is 5.98. The quantitative estimate of drug-likeness (QED) is 0.756. The fourth-order valence-electron chi connectivity index (χ4n) is 2.64. The molecule has 3 amide bonds. The Labute approximate surface area is 142 Å². The molecule has 2 atom stereocenters. The molecule has 1 aliphatic heterocycles. The van der Waals surface area contributed by atoms with Gasteiger partial charge in [0.1, 0.15) is 12.1 Å². The first kappa shape index (κ1) is 18.0. The third-order valence-corrected chi connectivity index (χ3v) is 4.15. The van der Waals surface area contributed by atoms with E-state index in [-0.39, 0.29) is 23.6 Å². The Hall–Kier alpha value is -2.37. The van der Waals surface area contributed by atoms with Gasteiger partial charge >= 0.3 is 0 Å². The molecule has 6 nitrogen and oxygen atoms in total. The van der Waals surface area contributed by atoms with Gasteiger partial charge in [0, 0.05) is 12.1 Å². The number of amides is 3. The smallest absolute Gasteiger partial charge is 0.251 e. The average molecular weight is 331 g/mol. The third kappa shape index (κ3) is 4.57. The molecule has 130 valence electrons. The van der Waals surface area contributed by atoms with E-state index in [1.807, 2.05) is 32.9 Å². The maximum atomic E-state index is 12.5. The fraction of sp³-hybridized carbons (Fsp3) is 0.500. The maximum Gasteiger partial charge on any atom is 0.251 e. The maximum absolute atomic E-state index is 12.5. The van der Waals surface area contributed by atoms with Crippen LogP contribution in [0, 0.1) is 12.8 Å². The Balaban J connectivity index is 2.02. The molecule has 0 aliphatic carbocycles. The van der Waals surface area contributed by atoms with Crippen molar-refractivity contribution < 1.29 is 14.4 Å². The van der Waals surface area contributed by atoms with E-state index in [1.165, 1.54) is 0 Å². The third-order valence-electron chi connectivity index (χ3n) is 4.15. The minimum atomic E-state index is -0.687. The van der Waals surface area contributed by atoms with E-state index in [1.54, 1.807) is 12.1 Å². The molecule has 1 aliphatic rings. The highest BCUT2D eigenvalue weighted by atomic mass is 16.2. The van der Waals surface area contributed by atoms with Crippen molar-refractivity contribution in [1.29, 1.82) is 0 Å². The summed E-state index contributed by atoms with van der Waals surface area (Å²) in [6.07, 6.45) is 1.45. The van der Waals surface area contributed by atoms with Gasteiger partial charge in [0.15, 0.2) is 0 Å². The van der Waals surface area contributed by atoms with Crippen LogP contribution in [0.1, 0.15) is 42.6 Å². The summed E-state index contributed by atoms with van der Waals surface area (Å²) in [5.74, 6) is -0.877. The molecule has 6 heteroatoms. The molecule has 2 rings (SSSR count). The SMILES string of the molecule is Cc1ccc(C(=O)N[C@@H](C(=O)N[C@H]2CCCNC2=O)C(C)C)cc1. The van der Waals surface area contributed by atoms with E-state index >= 15 is 0 Å². The minimum Gasteiger partial charge on any atom is -0.354 e. The summed E-state index contributed by atoms with van der Waals surface area (Å²) in [4.78, 5) is 36.7. The normalized spacial score (nSPS) is 18.7. The Morgan fingerprint density at radius 2 is 1.88 bits per heavy atom. The summed E-state index contributed by atoms with van der Waals surface area (Å²) in [6, 6.07) is 5.96. The molecule has 24 heavy (non-hydrogen) atoms. The summed E-state index contributed by atoms with van der Waals surface area (Å²) in [5, 5.41) is 8.26. The van der Waals surface area contributed by atoms with Crippen molar-refractivity contribution in [2.45, 2.75) is 45.7 Å². The van der Waals surface area contributed by atoms with Crippen LogP contribution in [0.25, 0.3) is 0 Å². The highest BCUT2D eigenvalue weighted by Gasteiger charge is 2.30. The van der Waals surface area contributed by atoms with Crippen LogP contribution in [-0.4, -0.2) is 36.3 Å². The number of carbonyl (C=O) groups is 3. The molecule has 0 spiro atoms. The second-order valence-corrected chi connectivity index (χ2v) is 6.56. The predicted molar refractivity (Wildman–Crippen MR) is 91.4 cm³/mol. The van der Waals surface area contributed by atoms with Crippen molar-refractivity contribution in [2.75, 3.05) is 6.54 Å². The van der Waals surface area contributed by atoms with Crippen molar-refractivity contribution in [1.82, 2.24) is 16.0 Å². The van der Waals surface area contributed by atoms with Crippen molar-refractivity contribution in [3.8, 4) is 0 Å². The molecule has 0 bridgehead atoms. The van der Waals surface area contributed by atoms with Crippen LogP contribution >= 0.6 is 0 Å². The van der Waals surface area contributed by atoms with Gasteiger partial charge < -0.3 is 16.0 Å². The van der Waals surface area contributed by atoms with Gasteiger partial charge in [-0.2, -0.15) is 0 Å². The molecule has 1 aromatic carbocycles. The standard InChI is InChI=1S/C18H25N3O3/c1-11(2)15(18(24)20-14-5-4-10-19-17(14)23)21-16(22)13-8-6-12(3)7-9-13/h6-9,11,14-15H,4-5,10H2,1-3H3,(H,19,23)(H,20,24)(H,21,22)/t14-,15+/m0/s1. The van der Waals surface area contributed by atoms with Gasteiger partial charge in [-0.3, -0.25) is 14.4 Å². The van der Waals surface area contributed by atoms with Crippen LogP contribution in [0.5, 0.6) is 0 Å². The van der Waals surface area contributed by atoms with E-state index in [0.29, 0.717) is 18.5 Å². The van der Waals surface area contributed by atoms with Crippen LogP contribution in [-0.2, 0) is 9.59 Å². The number of hydrogen-bond donors (Lipinski definition) is 3. The Kier molecular flexibility index (Phi) is 5.95. The molecule has 0 radical (unpaired) electrons. The number of piperidine rings is 1. The molecular weight excluding hydrogens is 306 g/mol. The van der Waals surface area contributed by atoms with Gasteiger partial charge in [-0.1, -0.05) is 31.5 Å². The molecule has 1 saturated heterocycles. The fourth-order valence-corrected chi connectivity index (χ4v) is 2.64. The lowest BCUT2D eigenvalue weighted by Crippen LogP contribution is -2.56. The van der Waals surface area contributed by atoms with Crippen molar-refractivity contribution in [3.63, 3.8) is 0 Å². The molecule has 3 N–H and O–H groups in total. The van der Waals surface area contributed by atoms with Crippen LogP contribution < -0.4 is 16.0 Å². The molecule has 1 heterocycles. The van der Waals surface area contributed by atoms with Gasteiger partial charge in [0.2, 0.25) is 11.8 Å². The highest BCUT2D eigenvalue weighted by Crippen LogP contribution is 2.09. The average Bonchev–Trinajstić information content (AvgIpc) is 2.54. The van der Waals surface area contributed by atoms with E-state index in [2.05, 4.69) is 16.0 Å². The number of rotatable bonds is 5. The Bertz CT molecular complexity index is 610. The zero-order chi connectivity index (χ0) is 17.7. The van der Waals surface area contributed by atoms with Crippen LogP contribution in [0.2, 0.25) is 0 Å². The number of aryl methyl sites for hydroxylation is 1. The first-order chi connectivity index (χ1) is 11.4. The van der Waals surface area contributed by atoms with Crippen LogP contribution in [0.4, 0.5) is 0 Å². The van der Waals surface area contributed by atoms with Gasteiger partial charge in [-0.25, -0.2) is 0 Å². The molecule has 0 unspecified atom stereocenters. The van der Waals surface area contributed by atoms with Crippen molar-refractivity contribution in [2.24, 2.45) is 5.92 Å². The minimum absolute atomic E-state index is 0.0916. The molecule has 1 aromatic rings. The Morgan fingerprint density at radius 1 is 1.21 bits per heavy atom. The number of nitrogens with one attached hydrogen (secondary N) is 3. The van der Waals surface area contributed by atoms with E-state index in [9.17, 15) is 14.4 Å². The zero-order valence-corrected chi connectivity index (χ0v) is 14.4. The zero-order valence-electron chi connectivity index (χ0n) is 14.4. The summed E-state index contributed by atoms with van der Waals surface area (Å²) >= 11 is 0. The second kappa shape index (κ2) is 7.95. The van der Waals surface area contributed by atoms with Crippen molar-refractivity contribution >= 4 is 17.7 Å². The lowest BCUT2D eigenvalue weighted by molar-refractivity contribution is -0.131. The predicted octanol–water partition coefficient (Wildman–Crippen LogP) is 1.14. The van der Waals surface area contributed by atoms with Gasteiger partial charge in [-0.15, -0.1) is 0 Å². The van der Waals surface area contributed by atoms with Crippen LogP contribution in [0.3, 0.4) is 0 Å². The van der Waals surface area contributed by atoms with E-state index < -0.39 is 12.1 Å². The second-order valence-electron chi connectivity index (χ2n) is 6.56. The molecular formula is C18H25N3O3. The molecule has 0 aromatic heterocycles. The van der Waals surface area contributed by atoms with Gasteiger partial charge in [0.25, 0.3) is 5.91 Å². The first-order valence-electron chi connectivity index (χ1n) is 8.34. The number of hydrogen-bond acceptors (Lipinski definition) is 3.